The Morgan fingerprint density at radius 1 is 1.10 bits per heavy atom. The van der Waals surface area contributed by atoms with Crippen molar-refractivity contribution in [1.82, 2.24) is 24.9 Å². The Labute approximate surface area is 174 Å². The minimum Gasteiger partial charge on any atom is -0.450 e. The molecule has 29 heavy (non-hydrogen) atoms. The molecule has 0 radical (unpaired) electrons. The molecule has 2 saturated heterocycles. The van der Waals surface area contributed by atoms with Gasteiger partial charge in [-0.05, 0) is 39.2 Å². The molecule has 1 aliphatic carbocycles. The van der Waals surface area contributed by atoms with E-state index in [1.807, 2.05) is 11.8 Å². The zero-order valence-corrected chi connectivity index (χ0v) is 17.9. The van der Waals surface area contributed by atoms with Crippen LogP contribution in [0.25, 0.3) is 0 Å². The maximum Gasteiger partial charge on any atom is 0.409 e. The van der Waals surface area contributed by atoms with Gasteiger partial charge in [0.15, 0.2) is 0 Å². The van der Waals surface area contributed by atoms with Gasteiger partial charge in [0.05, 0.1) is 12.8 Å². The topological polar surface area (TPSA) is 64.7 Å². The number of piperidine rings is 1. The van der Waals surface area contributed by atoms with Crippen molar-refractivity contribution in [3.8, 4) is 0 Å². The van der Waals surface area contributed by atoms with E-state index in [2.05, 4.69) is 26.2 Å². The summed E-state index contributed by atoms with van der Waals surface area (Å²) in [6.07, 6.45) is 11.1. The van der Waals surface area contributed by atoms with E-state index in [9.17, 15) is 4.79 Å². The Morgan fingerprint density at radius 3 is 2.66 bits per heavy atom. The minimum absolute atomic E-state index is 0.160. The molecule has 0 spiro atoms. The number of carbonyl (C=O) groups is 1. The van der Waals surface area contributed by atoms with Gasteiger partial charge in [-0.1, -0.05) is 19.3 Å². The average Bonchev–Trinajstić information content (AvgIpc) is 3.23. The van der Waals surface area contributed by atoms with E-state index in [1.165, 1.54) is 62.7 Å². The smallest absolute Gasteiger partial charge is 0.409 e. The van der Waals surface area contributed by atoms with Gasteiger partial charge >= 0.3 is 6.09 Å². The number of ether oxygens (including phenoxy) is 1. The Balaban J connectivity index is 1.29. The van der Waals surface area contributed by atoms with E-state index < -0.39 is 0 Å². The summed E-state index contributed by atoms with van der Waals surface area (Å²) in [4.78, 5) is 19.0. The molecule has 3 heterocycles. The maximum atomic E-state index is 11.9. The van der Waals surface area contributed by atoms with Crippen molar-refractivity contribution in [2.24, 2.45) is 0 Å². The predicted molar refractivity (Wildman–Crippen MR) is 113 cm³/mol. The quantitative estimate of drug-likeness (QED) is 0.818. The monoisotopic (exact) mass is 403 g/mol. The SMILES string of the molecule is CCOC(=O)N1CCN(C2CCCN(Cc3cn[nH]c3C3CCCCC3)C2)CC1. The number of carbonyl (C=O) groups excluding carboxylic acids is 1. The van der Waals surface area contributed by atoms with Crippen LogP contribution < -0.4 is 0 Å². The van der Waals surface area contributed by atoms with Crippen LogP contribution in [0.15, 0.2) is 6.20 Å². The zero-order chi connectivity index (χ0) is 20.1. The van der Waals surface area contributed by atoms with Gasteiger partial charge < -0.3 is 9.64 Å². The number of likely N-dealkylation sites (tertiary alicyclic amines) is 1. The number of aromatic amines is 1. The van der Waals surface area contributed by atoms with Crippen LogP contribution in [0.5, 0.6) is 0 Å². The first-order valence-corrected chi connectivity index (χ1v) is 11.6. The molecule has 1 aromatic rings. The molecular weight excluding hydrogens is 366 g/mol. The Bertz CT molecular complexity index is 649. The number of H-pyrrole nitrogens is 1. The van der Waals surface area contributed by atoms with E-state index in [0.717, 1.165) is 39.3 Å². The predicted octanol–water partition coefficient (Wildman–Crippen LogP) is 3.20. The van der Waals surface area contributed by atoms with Gasteiger partial charge in [-0.3, -0.25) is 14.9 Å². The third kappa shape index (κ3) is 5.12. The van der Waals surface area contributed by atoms with Gasteiger partial charge in [-0.25, -0.2) is 4.79 Å². The highest BCUT2D eigenvalue weighted by Gasteiger charge is 2.30. The number of nitrogens with one attached hydrogen (secondary N) is 1. The summed E-state index contributed by atoms with van der Waals surface area (Å²) in [6.45, 7) is 9.10. The van der Waals surface area contributed by atoms with Crippen LogP contribution in [0.3, 0.4) is 0 Å². The van der Waals surface area contributed by atoms with Crippen LogP contribution in [0.1, 0.15) is 69.0 Å². The highest BCUT2D eigenvalue weighted by Crippen LogP contribution is 2.33. The van der Waals surface area contributed by atoms with E-state index in [-0.39, 0.29) is 6.09 Å². The van der Waals surface area contributed by atoms with Crippen molar-refractivity contribution >= 4 is 6.09 Å². The fraction of sp³-hybridized carbons (Fsp3) is 0.818. The summed E-state index contributed by atoms with van der Waals surface area (Å²) in [5, 5.41) is 7.73. The Kier molecular flexibility index (Phi) is 7.08. The molecule has 1 saturated carbocycles. The number of amides is 1. The van der Waals surface area contributed by atoms with Gasteiger partial charge in [0, 0.05) is 62.5 Å². The second-order valence-electron chi connectivity index (χ2n) is 8.90. The average molecular weight is 404 g/mol. The molecule has 4 rings (SSSR count). The molecule has 1 atom stereocenters. The number of aromatic nitrogens is 2. The minimum atomic E-state index is -0.160. The highest BCUT2D eigenvalue weighted by atomic mass is 16.6. The molecule has 162 valence electrons. The lowest BCUT2D eigenvalue weighted by atomic mass is 9.85. The lowest BCUT2D eigenvalue weighted by Gasteiger charge is -2.43. The number of rotatable bonds is 5. The van der Waals surface area contributed by atoms with Crippen molar-refractivity contribution in [3.63, 3.8) is 0 Å². The van der Waals surface area contributed by atoms with Crippen molar-refractivity contribution in [2.75, 3.05) is 45.9 Å². The van der Waals surface area contributed by atoms with E-state index in [0.29, 0.717) is 18.6 Å². The Morgan fingerprint density at radius 2 is 1.90 bits per heavy atom. The second kappa shape index (κ2) is 9.94. The lowest BCUT2D eigenvalue weighted by molar-refractivity contribution is 0.0412. The van der Waals surface area contributed by atoms with Gasteiger partial charge in [0.25, 0.3) is 0 Å². The standard InChI is InChI=1S/C22H37N5O2/c1-2-29-22(28)27-13-11-26(12-14-27)20-9-6-10-25(17-20)16-19-15-23-24-21(19)18-7-4-3-5-8-18/h15,18,20H,2-14,16-17H2,1H3,(H,23,24). The zero-order valence-electron chi connectivity index (χ0n) is 17.9. The fourth-order valence-corrected chi connectivity index (χ4v) is 5.39. The van der Waals surface area contributed by atoms with Crippen LogP contribution in [0, 0.1) is 0 Å². The van der Waals surface area contributed by atoms with Crippen molar-refractivity contribution in [3.05, 3.63) is 17.5 Å². The van der Waals surface area contributed by atoms with Gasteiger partial charge in [-0.2, -0.15) is 5.10 Å². The first-order valence-electron chi connectivity index (χ1n) is 11.6. The van der Waals surface area contributed by atoms with Crippen LogP contribution in [0.4, 0.5) is 4.79 Å². The third-order valence-electron chi connectivity index (χ3n) is 7.00. The van der Waals surface area contributed by atoms with Crippen LogP contribution in [0.2, 0.25) is 0 Å². The van der Waals surface area contributed by atoms with Crippen molar-refractivity contribution in [1.29, 1.82) is 0 Å². The van der Waals surface area contributed by atoms with Crippen LogP contribution in [-0.2, 0) is 11.3 Å². The molecule has 3 fully saturated rings. The fourth-order valence-electron chi connectivity index (χ4n) is 5.39. The molecule has 2 aliphatic heterocycles. The first kappa shape index (κ1) is 20.7. The summed E-state index contributed by atoms with van der Waals surface area (Å²) in [6, 6.07) is 0.595. The molecule has 3 aliphatic rings. The van der Waals surface area contributed by atoms with Crippen LogP contribution in [-0.4, -0.2) is 82.9 Å². The Hall–Kier alpha value is -1.60. The molecule has 1 N–H and O–H groups in total. The molecule has 1 unspecified atom stereocenters. The van der Waals surface area contributed by atoms with Gasteiger partial charge in [-0.15, -0.1) is 0 Å². The lowest BCUT2D eigenvalue weighted by Crippen LogP contribution is -2.55. The molecule has 0 aromatic carbocycles. The second-order valence-corrected chi connectivity index (χ2v) is 8.90. The van der Waals surface area contributed by atoms with E-state index in [1.54, 1.807) is 0 Å². The summed E-state index contributed by atoms with van der Waals surface area (Å²) < 4.78 is 5.15. The van der Waals surface area contributed by atoms with Crippen molar-refractivity contribution in [2.45, 2.75) is 70.4 Å². The van der Waals surface area contributed by atoms with Crippen molar-refractivity contribution < 1.29 is 9.53 Å². The van der Waals surface area contributed by atoms with Gasteiger partial charge in [0.2, 0.25) is 0 Å². The molecule has 0 bridgehead atoms. The van der Waals surface area contributed by atoms with E-state index >= 15 is 0 Å². The van der Waals surface area contributed by atoms with E-state index in [4.69, 9.17) is 4.74 Å². The number of hydrogen-bond acceptors (Lipinski definition) is 5. The number of nitrogens with zero attached hydrogens (tertiary/aromatic N) is 4. The maximum absolute atomic E-state index is 11.9. The summed E-state index contributed by atoms with van der Waals surface area (Å²) in [5.74, 6) is 0.679. The number of hydrogen-bond donors (Lipinski definition) is 1. The normalized spacial score (nSPS) is 25.3. The third-order valence-corrected chi connectivity index (χ3v) is 7.00. The molecule has 1 aromatic heterocycles. The summed E-state index contributed by atoms with van der Waals surface area (Å²) in [7, 11) is 0. The summed E-state index contributed by atoms with van der Waals surface area (Å²) in [5.41, 5.74) is 2.81. The molecule has 1 amide bonds. The molecular formula is C22H37N5O2. The highest BCUT2D eigenvalue weighted by molar-refractivity contribution is 5.67. The molecule has 7 heteroatoms. The van der Waals surface area contributed by atoms with Crippen LogP contribution >= 0.6 is 0 Å². The number of piperazine rings is 1. The van der Waals surface area contributed by atoms with Gasteiger partial charge in [0.1, 0.15) is 0 Å². The molecule has 7 nitrogen and oxygen atoms in total. The summed E-state index contributed by atoms with van der Waals surface area (Å²) >= 11 is 0. The largest absolute Gasteiger partial charge is 0.450 e. The first-order chi connectivity index (χ1) is 14.2.